The number of hydrogen-bond donors (Lipinski definition) is 0. The maximum absolute atomic E-state index is 15.5. The summed E-state index contributed by atoms with van der Waals surface area (Å²) in [5.74, 6) is 1.45. The van der Waals surface area contributed by atoms with Gasteiger partial charge in [0.25, 0.3) is 0 Å². The van der Waals surface area contributed by atoms with E-state index >= 15 is 13.2 Å². The van der Waals surface area contributed by atoms with Crippen molar-refractivity contribution < 1.29 is 13.2 Å². The fraction of sp³-hybridized carbons (Fsp3) is 0.0132. The molecule has 86 heavy (non-hydrogen) atoms. The average Bonchev–Trinajstić information content (AvgIpc) is 1.89. The lowest BCUT2D eigenvalue weighted by Gasteiger charge is -2.21. The van der Waals surface area contributed by atoms with E-state index in [4.69, 9.17) is 15.0 Å². The summed E-state index contributed by atoms with van der Waals surface area (Å²) < 4.78 is 55.4. The van der Waals surface area contributed by atoms with E-state index in [2.05, 4.69) is 177 Å². The van der Waals surface area contributed by atoms with Gasteiger partial charge in [-0.1, -0.05) is 188 Å². The van der Waals surface area contributed by atoms with Crippen LogP contribution in [0.4, 0.5) is 13.2 Å². The molecule has 0 aliphatic rings. The average molecular weight is 1110 g/mol. The molecule has 0 unspecified atom stereocenters. The van der Waals surface area contributed by atoms with Gasteiger partial charge in [0.2, 0.25) is 0 Å². The maximum atomic E-state index is 15.5. The van der Waals surface area contributed by atoms with Crippen molar-refractivity contribution in [1.82, 2.24) is 33.2 Å². The molecular formula is C76H46F3N7. The highest BCUT2D eigenvalue weighted by molar-refractivity contribution is 6.15. The zero-order valence-electron chi connectivity index (χ0n) is 45.8. The van der Waals surface area contributed by atoms with Crippen LogP contribution in [0.5, 0.6) is 0 Å². The van der Waals surface area contributed by atoms with E-state index < -0.39 is 11.7 Å². The van der Waals surface area contributed by atoms with Gasteiger partial charge in [-0.25, -0.2) is 15.0 Å². The molecule has 17 rings (SSSR count). The molecule has 17 aromatic rings. The Hall–Kier alpha value is -11.4. The topological polar surface area (TPSA) is 58.4 Å². The highest BCUT2D eigenvalue weighted by Gasteiger charge is 2.33. The van der Waals surface area contributed by atoms with E-state index in [1.807, 2.05) is 102 Å². The Morgan fingerprint density at radius 2 is 0.558 bits per heavy atom. The van der Waals surface area contributed by atoms with Crippen molar-refractivity contribution in [3.63, 3.8) is 0 Å². The predicted octanol–water partition coefficient (Wildman–Crippen LogP) is 19.9. The Morgan fingerprint density at radius 3 is 0.953 bits per heavy atom. The lowest BCUT2D eigenvalue weighted by Crippen LogP contribution is -2.08. The summed E-state index contributed by atoms with van der Waals surface area (Å²) in [6.07, 6.45) is -4.66. The van der Waals surface area contributed by atoms with Crippen LogP contribution in [0.15, 0.2) is 279 Å². The van der Waals surface area contributed by atoms with E-state index in [0.717, 1.165) is 115 Å². The van der Waals surface area contributed by atoms with Crippen LogP contribution < -0.4 is 0 Å². The number of rotatable bonds is 8. The lowest BCUT2D eigenvalue weighted by atomic mass is 9.97. The molecule has 5 heterocycles. The van der Waals surface area contributed by atoms with Crippen LogP contribution in [-0.2, 0) is 6.18 Å². The standard InChI is InChI=1S/C76H46F3N7/c77-76(78,79)50-36-40-60(72(44-50)86-68-34-18-12-28-58(68)62-46-52(38-42-70(62)86)84-65-31-15-9-25-55(65)56-26-10-16-32-66(56)84)59-39-35-49(75-81-73(47-19-3-1-4-20-47)80-74(82-75)48-21-5-2-6-22-48)43-71(59)85-67-33-17-11-27-57(67)61-45-51(37-41-69(61)85)83-63-29-13-7-23-53(63)54-24-8-14-30-64(54)83/h1-46H. The van der Waals surface area contributed by atoms with E-state index in [9.17, 15) is 0 Å². The summed E-state index contributed by atoms with van der Waals surface area (Å²) in [6.45, 7) is 0. The number of para-hydroxylation sites is 6. The number of benzene rings is 12. The zero-order valence-corrected chi connectivity index (χ0v) is 45.8. The first-order valence-electron chi connectivity index (χ1n) is 28.6. The minimum atomic E-state index is -4.66. The molecule has 12 aromatic carbocycles. The highest BCUT2D eigenvalue weighted by atomic mass is 19.4. The number of nitrogens with zero attached hydrogens (tertiary/aromatic N) is 7. The van der Waals surface area contributed by atoms with E-state index in [1.54, 1.807) is 6.07 Å². The van der Waals surface area contributed by atoms with Crippen LogP contribution in [0.1, 0.15) is 5.56 Å². The minimum absolute atomic E-state index is 0.372. The Labute approximate surface area is 490 Å². The molecule has 0 N–H and O–H groups in total. The molecule has 0 amide bonds. The third kappa shape index (κ3) is 7.66. The van der Waals surface area contributed by atoms with Gasteiger partial charge in [-0.3, -0.25) is 0 Å². The SMILES string of the molecule is FC(F)(F)c1ccc(-c2ccc(-c3nc(-c4ccccc4)nc(-c4ccccc4)n3)cc2-n2c3ccccc3c3cc(-n4c5ccccc5c5ccccc54)ccc32)c(-n2c3ccccc3c3cc(-n4c5ccccc5c5ccccc54)ccc32)c1. The second kappa shape index (κ2) is 19.1. The molecule has 7 nitrogen and oxygen atoms in total. The molecule has 0 aliphatic carbocycles. The quantitative estimate of drug-likeness (QED) is 0.152. The molecule has 5 aromatic heterocycles. The van der Waals surface area contributed by atoms with Gasteiger partial charge in [-0.2, -0.15) is 13.2 Å². The molecule has 0 aliphatic heterocycles. The third-order valence-electron chi connectivity index (χ3n) is 17.0. The fourth-order valence-corrected chi connectivity index (χ4v) is 13.3. The van der Waals surface area contributed by atoms with Gasteiger partial charge in [-0.05, 0) is 91.0 Å². The van der Waals surface area contributed by atoms with E-state index in [0.29, 0.717) is 39.9 Å². The van der Waals surface area contributed by atoms with E-state index in [-0.39, 0.29) is 0 Å². The zero-order chi connectivity index (χ0) is 57.2. The number of hydrogen-bond acceptors (Lipinski definition) is 3. The van der Waals surface area contributed by atoms with Gasteiger partial charge in [0, 0.05) is 82.3 Å². The maximum Gasteiger partial charge on any atom is 0.416 e. The van der Waals surface area contributed by atoms with E-state index in [1.165, 1.54) is 12.1 Å². The van der Waals surface area contributed by atoms with Crippen molar-refractivity contribution in [2.24, 2.45) is 0 Å². The number of fused-ring (bicyclic) bond motifs is 12. The van der Waals surface area contributed by atoms with Crippen LogP contribution in [0.2, 0.25) is 0 Å². The third-order valence-corrected chi connectivity index (χ3v) is 17.0. The molecule has 0 saturated heterocycles. The lowest BCUT2D eigenvalue weighted by molar-refractivity contribution is -0.137. The summed E-state index contributed by atoms with van der Waals surface area (Å²) in [7, 11) is 0. The van der Waals surface area contributed by atoms with Crippen molar-refractivity contribution in [3.05, 3.63) is 285 Å². The van der Waals surface area contributed by atoms with Crippen molar-refractivity contribution in [2.45, 2.75) is 6.18 Å². The molecule has 0 saturated carbocycles. The molecule has 0 atom stereocenters. The number of halogens is 3. The fourth-order valence-electron chi connectivity index (χ4n) is 13.3. The highest BCUT2D eigenvalue weighted by Crippen LogP contribution is 2.46. The van der Waals surface area contributed by atoms with Gasteiger partial charge in [0.15, 0.2) is 17.5 Å². The molecule has 0 spiro atoms. The van der Waals surface area contributed by atoms with Gasteiger partial charge >= 0.3 is 6.18 Å². The first-order chi connectivity index (χ1) is 42.3. The Bertz CT molecular complexity index is 5430. The van der Waals surface area contributed by atoms with Gasteiger partial charge in [-0.15, -0.1) is 0 Å². The first-order valence-corrected chi connectivity index (χ1v) is 28.6. The molecule has 10 heteroatoms. The van der Waals surface area contributed by atoms with Gasteiger partial charge < -0.3 is 18.3 Å². The van der Waals surface area contributed by atoms with Crippen molar-refractivity contribution in [3.8, 4) is 68.0 Å². The molecule has 406 valence electrons. The van der Waals surface area contributed by atoms with Crippen molar-refractivity contribution in [1.29, 1.82) is 0 Å². The molecule has 0 fully saturated rings. The number of aromatic nitrogens is 7. The summed E-state index contributed by atoms with van der Waals surface area (Å²) in [6, 6.07) is 93.0. The monoisotopic (exact) mass is 1110 g/mol. The predicted molar refractivity (Wildman–Crippen MR) is 344 cm³/mol. The Kier molecular flexibility index (Phi) is 10.9. The van der Waals surface area contributed by atoms with Crippen molar-refractivity contribution in [2.75, 3.05) is 0 Å². The van der Waals surface area contributed by atoms with Crippen LogP contribution in [0, 0.1) is 0 Å². The summed E-state index contributed by atoms with van der Waals surface area (Å²) in [4.78, 5) is 15.4. The Balaban J connectivity index is 0.944. The van der Waals surface area contributed by atoms with Gasteiger partial charge in [0.05, 0.1) is 61.1 Å². The van der Waals surface area contributed by atoms with Gasteiger partial charge in [0.1, 0.15) is 0 Å². The number of alkyl halides is 3. The molecular weight excluding hydrogens is 1070 g/mol. The van der Waals surface area contributed by atoms with Crippen LogP contribution in [0.3, 0.4) is 0 Å². The Morgan fingerprint density at radius 1 is 0.244 bits per heavy atom. The smallest absolute Gasteiger partial charge is 0.309 e. The second-order valence-electron chi connectivity index (χ2n) is 21.8. The normalized spacial score (nSPS) is 12.1. The summed E-state index contributed by atoms with van der Waals surface area (Å²) in [5, 5.41) is 8.42. The molecule has 0 bridgehead atoms. The van der Waals surface area contributed by atoms with Crippen LogP contribution >= 0.6 is 0 Å². The largest absolute Gasteiger partial charge is 0.416 e. The molecule has 0 radical (unpaired) electrons. The minimum Gasteiger partial charge on any atom is -0.309 e. The first kappa shape index (κ1) is 49.3. The summed E-state index contributed by atoms with van der Waals surface area (Å²) in [5.41, 5.74) is 13.6. The summed E-state index contributed by atoms with van der Waals surface area (Å²) >= 11 is 0. The van der Waals surface area contributed by atoms with Crippen LogP contribution in [0.25, 0.3) is 155 Å². The van der Waals surface area contributed by atoms with Crippen LogP contribution in [-0.4, -0.2) is 33.2 Å². The second-order valence-corrected chi connectivity index (χ2v) is 21.8. The van der Waals surface area contributed by atoms with Crippen molar-refractivity contribution >= 4 is 87.2 Å².